The van der Waals surface area contributed by atoms with E-state index in [1.165, 1.54) is 5.56 Å². The Morgan fingerprint density at radius 2 is 1.87 bits per heavy atom. The first-order chi connectivity index (χ1) is 17.7. The number of rotatable bonds is 16. The fourth-order valence-electron chi connectivity index (χ4n) is 2.72. The monoisotopic (exact) mass is 423 g/mol. The van der Waals surface area contributed by atoms with Gasteiger partial charge >= 0.3 is 0 Å². The molecule has 0 heterocycles. The minimum atomic E-state index is -2.68. The van der Waals surface area contributed by atoms with E-state index in [9.17, 15) is 15.3 Å². The number of hydrogen-bond donors (Lipinski definition) is 4. The number of aliphatic hydroxyl groups excluding tert-OH is 1. The number of unbranched alkanes of at least 4 members (excludes halogenated alkanes) is 2. The number of benzene rings is 2. The largest absolute Gasteiger partial charge is 0.508 e. The first kappa shape index (κ1) is 15.0. The van der Waals surface area contributed by atoms with Crippen LogP contribution in [0.25, 0.3) is 0 Å². The van der Waals surface area contributed by atoms with Crippen LogP contribution in [0, 0.1) is 0 Å². The standard InChI is InChI=1S/C25H37NO4/c27-20-23-18-22(13-14-24(23)28)25(29)19-26-15-7-1-2-8-16-30-17-9-6-12-21-10-4-3-5-11-21/h3-5,10-11,13-14,18,25-29H,1-2,6-9,12,15-17,19-20H2/i13D,14D,15D2,16D2,18D,25D. The molecule has 1 atom stereocenters. The third-order valence-electron chi connectivity index (χ3n) is 4.43. The summed E-state index contributed by atoms with van der Waals surface area (Å²) in [6, 6.07) is 7.85. The molecule has 0 aliphatic rings. The molecule has 0 radical (unpaired) electrons. The zero-order valence-electron chi connectivity index (χ0n) is 25.2. The lowest BCUT2D eigenvalue weighted by molar-refractivity contribution is 0.126. The molecule has 0 bridgehead atoms. The molecule has 0 amide bonds. The minimum Gasteiger partial charge on any atom is -0.508 e. The summed E-state index contributed by atoms with van der Waals surface area (Å²) in [4.78, 5) is 0. The molecule has 30 heavy (non-hydrogen) atoms. The molecule has 5 nitrogen and oxygen atoms in total. The number of aryl methyl sites for hydroxylation is 1. The van der Waals surface area contributed by atoms with Crippen molar-refractivity contribution in [2.24, 2.45) is 0 Å². The molecule has 4 N–H and O–H groups in total. The van der Waals surface area contributed by atoms with Gasteiger partial charge in [0.25, 0.3) is 0 Å². The van der Waals surface area contributed by atoms with Crippen LogP contribution in [0.2, 0.25) is 0 Å². The lowest BCUT2D eigenvalue weighted by Crippen LogP contribution is -2.22. The highest BCUT2D eigenvalue weighted by atomic mass is 16.5. The van der Waals surface area contributed by atoms with Gasteiger partial charge in [0, 0.05) is 28.0 Å². The Kier molecular flexibility index (Phi) is 7.47. The highest BCUT2D eigenvalue weighted by Crippen LogP contribution is 2.22. The van der Waals surface area contributed by atoms with Gasteiger partial charge < -0.3 is 25.4 Å². The summed E-state index contributed by atoms with van der Waals surface area (Å²) < 4.78 is 69.6. The smallest absolute Gasteiger partial charge is 0.121 e. The average Bonchev–Trinajstić information content (AvgIpc) is 2.85. The lowest BCUT2D eigenvalue weighted by Gasteiger charge is -2.14. The van der Waals surface area contributed by atoms with Crippen molar-refractivity contribution in [1.29, 1.82) is 0 Å². The molecule has 0 spiro atoms. The van der Waals surface area contributed by atoms with Gasteiger partial charge in [-0.1, -0.05) is 49.2 Å². The number of hydrogen-bond acceptors (Lipinski definition) is 5. The van der Waals surface area contributed by atoms with Crippen LogP contribution in [-0.4, -0.2) is 41.5 Å². The van der Waals surface area contributed by atoms with E-state index in [1.807, 2.05) is 30.3 Å². The van der Waals surface area contributed by atoms with Crippen LogP contribution in [0.3, 0.4) is 0 Å². The topological polar surface area (TPSA) is 82.0 Å². The lowest BCUT2D eigenvalue weighted by atomic mass is 10.1. The van der Waals surface area contributed by atoms with Crippen LogP contribution in [-0.2, 0) is 17.8 Å². The van der Waals surface area contributed by atoms with Gasteiger partial charge in [-0.15, -0.1) is 0 Å². The highest BCUT2D eigenvalue weighted by Gasteiger charge is 2.09. The fourth-order valence-corrected chi connectivity index (χ4v) is 2.72. The Labute approximate surface area is 192 Å². The number of aromatic hydroxyl groups is 1. The second-order valence-corrected chi connectivity index (χ2v) is 6.85. The molecule has 1 unspecified atom stereocenters. The highest BCUT2D eigenvalue weighted by molar-refractivity contribution is 5.36. The predicted molar refractivity (Wildman–Crippen MR) is 121 cm³/mol. The van der Waals surface area contributed by atoms with Crippen LogP contribution in [0.1, 0.15) is 72.3 Å². The first-order valence-corrected chi connectivity index (χ1v) is 10.3. The summed E-state index contributed by atoms with van der Waals surface area (Å²) >= 11 is 0. The Morgan fingerprint density at radius 1 is 1.07 bits per heavy atom. The van der Waals surface area contributed by atoms with Crippen molar-refractivity contribution in [2.45, 2.75) is 57.6 Å². The second-order valence-electron chi connectivity index (χ2n) is 6.85. The zero-order chi connectivity index (χ0) is 28.6. The summed E-state index contributed by atoms with van der Waals surface area (Å²) in [7, 11) is 0. The first-order valence-electron chi connectivity index (χ1n) is 14.3. The maximum Gasteiger partial charge on any atom is 0.121 e. The average molecular weight is 424 g/mol. The van der Waals surface area contributed by atoms with Crippen molar-refractivity contribution in [3.8, 4) is 5.75 Å². The van der Waals surface area contributed by atoms with E-state index in [4.69, 9.17) is 15.7 Å². The second kappa shape index (κ2) is 15.0. The van der Waals surface area contributed by atoms with Crippen molar-refractivity contribution in [2.75, 3.05) is 26.2 Å². The SMILES string of the molecule is [2H]c1c([2H])c(C([2H])(O)CNC([2H])([2H])CCCCC([2H])([2H])OCCCCc2ccccc2)c([2H])c(CO)c1O. The van der Waals surface area contributed by atoms with Gasteiger partial charge in [-0.2, -0.15) is 0 Å². The molecule has 0 aromatic heterocycles. The molecule has 0 aliphatic carbocycles. The molecule has 5 heteroatoms. The van der Waals surface area contributed by atoms with E-state index in [-0.39, 0.29) is 19.4 Å². The summed E-state index contributed by atoms with van der Waals surface area (Å²) in [6.07, 6.45) is 0.487. The minimum absolute atomic E-state index is 0.0567. The Morgan fingerprint density at radius 3 is 2.67 bits per heavy atom. The maximum absolute atomic E-state index is 10.6. The van der Waals surface area contributed by atoms with E-state index in [0.29, 0.717) is 12.8 Å². The number of aliphatic hydroxyl groups is 2. The summed E-state index contributed by atoms with van der Waals surface area (Å²) in [6.45, 7) is -5.15. The molecular weight excluding hydrogens is 378 g/mol. The fraction of sp³-hybridized carbons (Fsp3) is 0.520. The van der Waals surface area contributed by atoms with E-state index >= 15 is 0 Å². The molecule has 2 aromatic rings. The van der Waals surface area contributed by atoms with E-state index in [2.05, 4.69) is 5.32 Å². The summed E-state index contributed by atoms with van der Waals surface area (Å²) in [5, 5.41) is 32.2. The maximum atomic E-state index is 10.6. The van der Waals surface area contributed by atoms with Crippen molar-refractivity contribution < 1.29 is 31.0 Å². The van der Waals surface area contributed by atoms with Crippen molar-refractivity contribution >= 4 is 0 Å². The molecule has 0 fully saturated rings. The zero-order valence-corrected chi connectivity index (χ0v) is 17.2. The quantitative estimate of drug-likeness (QED) is 0.306. The van der Waals surface area contributed by atoms with Gasteiger partial charge in [-0.25, -0.2) is 0 Å². The van der Waals surface area contributed by atoms with Crippen molar-refractivity contribution in [3.63, 3.8) is 0 Å². The Hall–Kier alpha value is -1.92. The van der Waals surface area contributed by atoms with Crippen LogP contribution in [0.15, 0.2) is 48.5 Å². The molecule has 2 rings (SSSR count). The van der Waals surface area contributed by atoms with E-state index in [0.717, 1.165) is 19.3 Å². The third-order valence-corrected chi connectivity index (χ3v) is 4.43. The van der Waals surface area contributed by atoms with Gasteiger partial charge in [0.15, 0.2) is 0 Å². The molecule has 0 saturated carbocycles. The van der Waals surface area contributed by atoms with Crippen LogP contribution in [0.4, 0.5) is 0 Å². The number of ether oxygens (including phenoxy) is 1. The van der Waals surface area contributed by atoms with Gasteiger partial charge in [-0.05, 0) is 61.8 Å². The normalized spacial score (nSPS) is 18.1. The Balaban J connectivity index is 1.78. The van der Waals surface area contributed by atoms with Crippen LogP contribution >= 0.6 is 0 Å². The van der Waals surface area contributed by atoms with Gasteiger partial charge in [-0.3, -0.25) is 0 Å². The van der Waals surface area contributed by atoms with Gasteiger partial charge in [0.1, 0.15) is 5.75 Å². The summed E-state index contributed by atoms with van der Waals surface area (Å²) in [5.74, 6) is -0.777. The predicted octanol–water partition coefficient (Wildman–Crippen LogP) is 4.11. The van der Waals surface area contributed by atoms with Gasteiger partial charge in [0.2, 0.25) is 0 Å². The van der Waals surface area contributed by atoms with Gasteiger partial charge in [0.05, 0.1) is 20.9 Å². The molecule has 0 saturated heterocycles. The van der Waals surface area contributed by atoms with E-state index < -0.39 is 67.3 Å². The van der Waals surface area contributed by atoms with Crippen molar-refractivity contribution in [3.05, 3.63) is 65.1 Å². The number of nitrogens with one attached hydrogen (secondary N) is 1. The van der Waals surface area contributed by atoms with Crippen LogP contribution in [0.5, 0.6) is 5.75 Å². The molecule has 2 aromatic carbocycles. The molecule has 0 aliphatic heterocycles. The number of phenols is 1. The molecular formula is C25H37NO4. The summed E-state index contributed by atoms with van der Waals surface area (Å²) in [5.41, 5.74) is 0.200. The Bertz CT molecular complexity index is 1040. The van der Waals surface area contributed by atoms with Crippen LogP contribution < -0.4 is 5.32 Å². The van der Waals surface area contributed by atoms with E-state index in [1.54, 1.807) is 0 Å². The van der Waals surface area contributed by atoms with Crippen molar-refractivity contribution in [1.82, 2.24) is 5.32 Å². The molecule has 166 valence electrons. The third kappa shape index (κ3) is 9.72.